The highest BCUT2D eigenvalue weighted by atomic mass is 19.1. The van der Waals surface area contributed by atoms with Gasteiger partial charge in [-0.2, -0.15) is 0 Å². The predicted octanol–water partition coefficient (Wildman–Crippen LogP) is 4.19. The minimum absolute atomic E-state index is 0.144. The highest BCUT2D eigenvalue weighted by Crippen LogP contribution is 2.25. The third-order valence-electron chi connectivity index (χ3n) is 4.32. The van der Waals surface area contributed by atoms with E-state index in [2.05, 4.69) is 10.3 Å². The fourth-order valence-electron chi connectivity index (χ4n) is 3.01. The summed E-state index contributed by atoms with van der Waals surface area (Å²) in [4.78, 5) is 16.2. The number of hydrogen-bond donors (Lipinski definition) is 1. The second-order valence-corrected chi connectivity index (χ2v) is 5.96. The molecule has 0 radical (unpaired) electrons. The number of carbonyl (C=O) groups is 1. The van der Waals surface area contributed by atoms with Crippen LogP contribution in [0.3, 0.4) is 0 Å². The number of aromatic nitrogens is 2. The molecule has 5 heteroatoms. The summed E-state index contributed by atoms with van der Waals surface area (Å²) in [5.74, 6) is -0.405. The minimum Gasteiger partial charge on any atom is -0.355 e. The molecule has 26 heavy (non-hydrogen) atoms. The van der Waals surface area contributed by atoms with Gasteiger partial charge in [-0.15, -0.1) is 0 Å². The summed E-state index contributed by atoms with van der Waals surface area (Å²) < 4.78 is 15.5. The zero-order valence-electron chi connectivity index (χ0n) is 14.1. The molecule has 0 bridgehead atoms. The quantitative estimate of drug-likeness (QED) is 0.605. The van der Waals surface area contributed by atoms with Crippen molar-refractivity contribution in [1.82, 2.24) is 14.9 Å². The molecule has 4 rings (SSSR count). The van der Waals surface area contributed by atoms with Gasteiger partial charge in [-0.05, 0) is 53.6 Å². The summed E-state index contributed by atoms with van der Waals surface area (Å²) in [6, 6.07) is 19.8. The van der Waals surface area contributed by atoms with Gasteiger partial charge in [0.15, 0.2) is 0 Å². The number of amides is 1. The van der Waals surface area contributed by atoms with Crippen LogP contribution in [-0.2, 0) is 0 Å². The second-order valence-electron chi connectivity index (χ2n) is 5.96. The van der Waals surface area contributed by atoms with Gasteiger partial charge >= 0.3 is 0 Å². The average molecular weight is 345 g/mol. The van der Waals surface area contributed by atoms with Crippen LogP contribution < -0.4 is 5.32 Å². The molecule has 0 saturated heterocycles. The molecular formula is C21H16FN3O. The van der Waals surface area contributed by atoms with Crippen LogP contribution in [0.1, 0.15) is 10.4 Å². The lowest BCUT2D eigenvalue weighted by Crippen LogP contribution is -2.17. The third-order valence-corrected chi connectivity index (χ3v) is 4.32. The van der Waals surface area contributed by atoms with Crippen LogP contribution >= 0.6 is 0 Å². The average Bonchev–Trinajstić information content (AvgIpc) is 3.10. The maximum atomic E-state index is 13.5. The van der Waals surface area contributed by atoms with Crippen LogP contribution in [0.25, 0.3) is 27.8 Å². The molecule has 3 aromatic carbocycles. The molecule has 1 amide bonds. The number of fused-ring (bicyclic) bond motifs is 1. The lowest BCUT2D eigenvalue weighted by atomic mass is 10.0. The molecule has 1 N–H and O–H groups in total. The molecule has 0 aliphatic rings. The van der Waals surface area contributed by atoms with E-state index < -0.39 is 0 Å². The van der Waals surface area contributed by atoms with E-state index in [1.54, 1.807) is 31.6 Å². The summed E-state index contributed by atoms with van der Waals surface area (Å²) in [7, 11) is 1.60. The number of imidazole rings is 1. The van der Waals surface area contributed by atoms with Crippen molar-refractivity contribution in [3.8, 4) is 16.8 Å². The summed E-state index contributed by atoms with van der Waals surface area (Å²) in [5, 5.41) is 2.61. The van der Waals surface area contributed by atoms with Gasteiger partial charge in [0.05, 0.1) is 11.0 Å². The Hall–Kier alpha value is -3.47. The van der Waals surface area contributed by atoms with E-state index in [0.29, 0.717) is 5.56 Å². The fraction of sp³-hybridized carbons (Fsp3) is 0.0476. The highest BCUT2D eigenvalue weighted by Gasteiger charge is 2.10. The van der Waals surface area contributed by atoms with Gasteiger partial charge < -0.3 is 5.32 Å². The Labute approximate surface area is 149 Å². The zero-order valence-corrected chi connectivity index (χ0v) is 14.1. The monoisotopic (exact) mass is 345 g/mol. The predicted molar refractivity (Wildman–Crippen MR) is 99.9 cm³/mol. The smallest absolute Gasteiger partial charge is 0.251 e. The Balaban J connectivity index is 1.78. The van der Waals surface area contributed by atoms with E-state index in [1.807, 2.05) is 41.0 Å². The highest BCUT2D eigenvalue weighted by molar-refractivity contribution is 5.97. The number of hydrogen-bond acceptors (Lipinski definition) is 2. The molecule has 1 heterocycles. The van der Waals surface area contributed by atoms with Gasteiger partial charge in [-0.25, -0.2) is 9.37 Å². The normalized spacial score (nSPS) is 10.8. The fourth-order valence-corrected chi connectivity index (χ4v) is 3.01. The van der Waals surface area contributed by atoms with Crippen molar-refractivity contribution in [2.45, 2.75) is 0 Å². The van der Waals surface area contributed by atoms with Gasteiger partial charge in [-0.1, -0.05) is 24.3 Å². The van der Waals surface area contributed by atoms with E-state index in [0.717, 1.165) is 27.8 Å². The zero-order chi connectivity index (χ0) is 18.1. The molecule has 0 aliphatic carbocycles. The van der Waals surface area contributed by atoms with E-state index in [4.69, 9.17) is 0 Å². The maximum absolute atomic E-state index is 13.5. The van der Waals surface area contributed by atoms with Crippen LogP contribution in [0.4, 0.5) is 4.39 Å². The number of nitrogens with one attached hydrogen (secondary N) is 1. The molecule has 0 spiro atoms. The number of benzene rings is 3. The van der Waals surface area contributed by atoms with Crippen molar-refractivity contribution in [1.29, 1.82) is 0 Å². The molecule has 4 aromatic rings. The number of halogens is 1. The Morgan fingerprint density at radius 1 is 1.00 bits per heavy atom. The first-order chi connectivity index (χ1) is 12.7. The van der Waals surface area contributed by atoms with E-state index >= 15 is 0 Å². The number of rotatable bonds is 3. The first kappa shape index (κ1) is 16.0. The van der Waals surface area contributed by atoms with Gasteiger partial charge in [-0.3, -0.25) is 9.36 Å². The Morgan fingerprint density at radius 2 is 1.77 bits per heavy atom. The molecule has 0 aliphatic heterocycles. The molecule has 0 saturated carbocycles. The Morgan fingerprint density at radius 3 is 2.54 bits per heavy atom. The molecule has 4 nitrogen and oxygen atoms in total. The summed E-state index contributed by atoms with van der Waals surface area (Å²) >= 11 is 0. The van der Waals surface area contributed by atoms with Crippen LogP contribution in [0.15, 0.2) is 73.1 Å². The molecule has 0 unspecified atom stereocenters. The number of nitrogens with zero attached hydrogens (tertiary/aromatic N) is 2. The lowest BCUT2D eigenvalue weighted by molar-refractivity contribution is 0.0963. The molecule has 0 fully saturated rings. The summed E-state index contributed by atoms with van der Waals surface area (Å²) in [5.41, 5.74) is 4.86. The van der Waals surface area contributed by atoms with Crippen LogP contribution in [0.5, 0.6) is 0 Å². The topological polar surface area (TPSA) is 46.9 Å². The van der Waals surface area contributed by atoms with Crippen molar-refractivity contribution < 1.29 is 9.18 Å². The molecule has 128 valence electrons. The van der Waals surface area contributed by atoms with Crippen molar-refractivity contribution in [3.05, 3.63) is 84.4 Å². The van der Waals surface area contributed by atoms with Gasteiger partial charge in [0.2, 0.25) is 0 Å². The van der Waals surface area contributed by atoms with Crippen molar-refractivity contribution >= 4 is 16.9 Å². The molecule has 0 atom stereocenters. The lowest BCUT2D eigenvalue weighted by Gasteiger charge is -2.08. The standard InChI is InChI=1S/C21H16FN3O/c1-23-21(26)16-8-9-20-19(12-16)24-13-25(20)18-7-3-5-15(11-18)14-4-2-6-17(22)10-14/h2-13H,1H3,(H,23,26). The maximum Gasteiger partial charge on any atom is 0.251 e. The van der Waals surface area contributed by atoms with Gasteiger partial charge in [0.25, 0.3) is 5.91 Å². The first-order valence-electron chi connectivity index (χ1n) is 8.21. The van der Waals surface area contributed by atoms with Crippen LogP contribution in [0.2, 0.25) is 0 Å². The van der Waals surface area contributed by atoms with Gasteiger partial charge in [0, 0.05) is 18.3 Å². The summed E-state index contributed by atoms with van der Waals surface area (Å²) in [6.45, 7) is 0. The molecule has 1 aromatic heterocycles. The van der Waals surface area contributed by atoms with Crippen LogP contribution in [-0.4, -0.2) is 22.5 Å². The summed E-state index contributed by atoms with van der Waals surface area (Å²) in [6.07, 6.45) is 1.73. The second kappa shape index (κ2) is 6.44. The number of carbonyl (C=O) groups excluding carboxylic acids is 1. The Bertz CT molecular complexity index is 1120. The SMILES string of the molecule is CNC(=O)c1ccc2c(c1)ncn2-c1cccc(-c2cccc(F)c2)c1. The van der Waals surface area contributed by atoms with Crippen molar-refractivity contribution in [2.75, 3.05) is 7.05 Å². The van der Waals surface area contributed by atoms with Crippen molar-refractivity contribution in [2.24, 2.45) is 0 Å². The minimum atomic E-state index is -0.261. The largest absolute Gasteiger partial charge is 0.355 e. The van der Waals surface area contributed by atoms with E-state index in [-0.39, 0.29) is 11.7 Å². The van der Waals surface area contributed by atoms with Crippen molar-refractivity contribution in [3.63, 3.8) is 0 Å². The van der Waals surface area contributed by atoms with E-state index in [1.165, 1.54) is 12.1 Å². The van der Waals surface area contributed by atoms with E-state index in [9.17, 15) is 9.18 Å². The van der Waals surface area contributed by atoms with Gasteiger partial charge in [0.1, 0.15) is 12.1 Å². The Kier molecular flexibility index (Phi) is 3.97. The molecular weight excluding hydrogens is 329 g/mol. The van der Waals surface area contributed by atoms with Crippen LogP contribution in [0, 0.1) is 5.82 Å². The first-order valence-corrected chi connectivity index (χ1v) is 8.21. The third kappa shape index (κ3) is 2.84.